The Morgan fingerprint density at radius 2 is 1.88 bits per heavy atom. The monoisotopic (exact) mass is 362 g/mol. The zero-order chi connectivity index (χ0) is 18.2. The molecule has 0 saturated heterocycles. The summed E-state index contributed by atoms with van der Waals surface area (Å²) in [7, 11) is 1.49. The Morgan fingerprint density at radius 1 is 1.16 bits per heavy atom. The first-order valence-corrected chi connectivity index (χ1v) is 7.99. The summed E-state index contributed by atoms with van der Waals surface area (Å²) in [6.07, 6.45) is 2.46. The second kappa shape index (κ2) is 8.99. The molecule has 2 rings (SSSR count). The number of hydrogen-bond acceptors (Lipinski definition) is 4. The van der Waals surface area contributed by atoms with Gasteiger partial charge in [-0.3, -0.25) is 0 Å². The van der Waals surface area contributed by atoms with E-state index in [2.05, 4.69) is 0 Å². The molecule has 0 aliphatic carbocycles. The molecule has 2 aromatic carbocycles. The zero-order valence-electron chi connectivity index (χ0n) is 14.0. The maximum absolute atomic E-state index is 10.6. The van der Waals surface area contributed by atoms with Crippen LogP contribution in [-0.2, 0) is 4.79 Å². The summed E-state index contributed by atoms with van der Waals surface area (Å²) in [5.41, 5.74) is 1.65. The first-order valence-electron chi connectivity index (χ1n) is 7.61. The lowest BCUT2D eigenvalue weighted by Gasteiger charge is -2.14. The van der Waals surface area contributed by atoms with Gasteiger partial charge in [-0.05, 0) is 42.3 Å². The Kier molecular flexibility index (Phi) is 6.71. The van der Waals surface area contributed by atoms with Gasteiger partial charge in [-0.2, -0.15) is 0 Å². The van der Waals surface area contributed by atoms with Gasteiger partial charge in [-0.25, -0.2) is 4.79 Å². The predicted octanol–water partition coefficient (Wildman–Crippen LogP) is 4.21. The van der Waals surface area contributed by atoms with Gasteiger partial charge in [0.25, 0.3) is 0 Å². The number of benzene rings is 2. The van der Waals surface area contributed by atoms with E-state index in [4.69, 9.17) is 30.9 Å². The normalized spacial score (nSPS) is 10.7. The minimum Gasteiger partial charge on any atom is -0.493 e. The van der Waals surface area contributed by atoms with Crippen LogP contribution in [0.4, 0.5) is 0 Å². The van der Waals surface area contributed by atoms with Gasteiger partial charge in [0, 0.05) is 6.08 Å². The van der Waals surface area contributed by atoms with Gasteiger partial charge in [0.15, 0.2) is 11.5 Å². The number of aliphatic carboxylic acids is 1. The van der Waals surface area contributed by atoms with Crippen LogP contribution in [0.15, 0.2) is 42.5 Å². The van der Waals surface area contributed by atoms with Crippen molar-refractivity contribution in [1.29, 1.82) is 0 Å². The third-order valence-electron chi connectivity index (χ3n) is 3.35. The topological polar surface area (TPSA) is 65.0 Å². The zero-order valence-corrected chi connectivity index (χ0v) is 14.7. The van der Waals surface area contributed by atoms with Gasteiger partial charge in [-0.1, -0.05) is 29.8 Å². The lowest BCUT2D eigenvalue weighted by molar-refractivity contribution is -0.131. The highest BCUT2D eigenvalue weighted by Crippen LogP contribution is 2.36. The van der Waals surface area contributed by atoms with Crippen molar-refractivity contribution < 1.29 is 24.1 Å². The van der Waals surface area contributed by atoms with E-state index in [9.17, 15) is 4.79 Å². The number of carboxylic acids is 1. The van der Waals surface area contributed by atoms with E-state index in [0.717, 1.165) is 17.4 Å². The van der Waals surface area contributed by atoms with E-state index < -0.39 is 5.97 Å². The number of methoxy groups -OCH3 is 1. The molecule has 6 heteroatoms. The minimum atomic E-state index is -1.04. The molecule has 0 heterocycles. The molecule has 0 fully saturated rings. The summed E-state index contributed by atoms with van der Waals surface area (Å²) in [5.74, 6) is 0.584. The standard InChI is InChI=1S/C19H19ClO5/c1-13-5-3-4-6-16(13)24-9-10-25-19-15(20)11-14(7-8-18(21)22)12-17(19)23-2/h3-8,11-12H,9-10H2,1-2H3,(H,21,22). The van der Waals surface area contributed by atoms with Crippen LogP contribution in [0.2, 0.25) is 5.02 Å². The summed E-state index contributed by atoms with van der Waals surface area (Å²) < 4.78 is 16.6. The molecule has 25 heavy (non-hydrogen) atoms. The van der Waals surface area contributed by atoms with Gasteiger partial charge >= 0.3 is 5.97 Å². The molecule has 0 radical (unpaired) electrons. The average Bonchev–Trinajstić information content (AvgIpc) is 2.59. The summed E-state index contributed by atoms with van der Waals surface area (Å²) in [6, 6.07) is 11.0. The fraction of sp³-hybridized carbons (Fsp3) is 0.211. The smallest absolute Gasteiger partial charge is 0.328 e. The molecule has 0 unspecified atom stereocenters. The highest BCUT2D eigenvalue weighted by molar-refractivity contribution is 6.32. The van der Waals surface area contributed by atoms with Gasteiger partial charge < -0.3 is 19.3 Å². The highest BCUT2D eigenvalue weighted by atomic mass is 35.5. The van der Waals surface area contributed by atoms with Crippen molar-refractivity contribution in [3.8, 4) is 17.2 Å². The third kappa shape index (κ3) is 5.43. The number of carboxylic acid groups (broad SMARTS) is 1. The average molecular weight is 363 g/mol. The second-order valence-corrected chi connectivity index (χ2v) is 5.58. The quantitative estimate of drug-likeness (QED) is 0.562. The molecule has 0 atom stereocenters. The van der Waals surface area contributed by atoms with E-state index in [1.807, 2.05) is 31.2 Å². The van der Waals surface area contributed by atoms with Crippen LogP contribution >= 0.6 is 11.6 Å². The number of aryl methyl sites for hydroxylation is 1. The number of ether oxygens (including phenoxy) is 3. The van der Waals surface area contributed by atoms with Gasteiger partial charge in [-0.15, -0.1) is 0 Å². The van der Waals surface area contributed by atoms with Gasteiger partial charge in [0.05, 0.1) is 12.1 Å². The molecule has 0 aliphatic rings. The first kappa shape index (κ1) is 18.7. The Morgan fingerprint density at radius 3 is 2.56 bits per heavy atom. The molecule has 0 aliphatic heterocycles. The molecule has 5 nitrogen and oxygen atoms in total. The molecular weight excluding hydrogens is 344 g/mol. The van der Waals surface area contributed by atoms with Crippen LogP contribution in [0.25, 0.3) is 6.08 Å². The Labute approximate surface area is 151 Å². The van der Waals surface area contributed by atoms with Crippen molar-refractivity contribution in [2.75, 3.05) is 20.3 Å². The van der Waals surface area contributed by atoms with Crippen molar-refractivity contribution in [3.63, 3.8) is 0 Å². The van der Waals surface area contributed by atoms with Crippen LogP contribution in [0.3, 0.4) is 0 Å². The lowest BCUT2D eigenvalue weighted by atomic mass is 10.2. The van der Waals surface area contributed by atoms with Crippen LogP contribution in [0.1, 0.15) is 11.1 Å². The number of carbonyl (C=O) groups is 1. The second-order valence-electron chi connectivity index (χ2n) is 5.17. The predicted molar refractivity (Wildman–Crippen MR) is 96.8 cm³/mol. The maximum Gasteiger partial charge on any atom is 0.328 e. The molecule has 0 aromatic heterocycles. The largest absolute Gasteiger partial charge is 0.493 e. The molecular formula is C19H19ClO5. The van der Waals surface area contributed by atoms with Crippen molar-refractivity contribution in [1.82, 2.24) is 0 Å². The third-order valence-corrected chi connectivity index (χ3v) is 3.63. The molecule has 0 bridgehead atoms. The van der Waals surface area contributed by atoms with Crippen molar-refractivity contribution >= 4 is 23.6 Å². The fourth-order valence-electron chi connectivity index (χ4n) is 2.16. The summed E-state index contributed by atoms with van der Waals surface area (Å²) in [5, 5.41) is 9.03. The lowest BCUT2D eigenvalue weighted by Crippen LogP contribution is -2.10. The number of hydrogen-bond donors (Lipinski definition) is 1. The summed E-state index contributed by atoms with van der Waals surface area (Å²) in [6.45, 7) is 2.61. The molecule has 132 valence electrons. The van der Waals surface area contributed by atoms with Crippen molar-refractivity contribution in [2.45, 2.75) is 6.92 Å². The van der Waals surface area contributed by atoms with E-state index >= 15 is 0 Å². The maximum atomic E-state index is 10.6. The molecule has 0 amide bonds. The first-order chi connectivity index (χ1) is 12.0. The van der Waals surface area contributed by atoms with Crippen molar-refractivity contribution in [2.24, 2.45) is 0 Å². The Balaban J connectivity index is 2.01. The van der Waals surface area contributed by atoms with E-state index in [1.165, 1.54) is 13.2 Å². The van der Waals surface area contributed by atoms with E-state index in [-0.39, 0.29) is 6.61 Å². The van der Waals surface area contributed by atoms with E-state index in [1.54, 1.807) is 12.1 Å². The Bertz CT molecular complexity index is 770. The van der Waals surface area contributed by atoms with Crippen LogP contribution < -0.4 is 14.2 Å². The number of para-hydroxylation sites is 1. The van der Waals surface area contributed by atoms with Gasteiger partial charge in [0.2, 0.25) is 0 Å². The molecule has 2 aromatic rings. The van der Waals surface area contributed by atoms with Crippen LogP contribution in [0, 0.1) is 6.92 Å². The van der Waals surface area contributed by atoms with Crippen LogP contribution in [-0.4, -0.2) is 31.4 Å². The SMILES string of the molecule is COc1cc(C=CC(=O)O)cc(Cl)c1OCCOc1ccccc1C. The summed E-state index contributed by atoms with van der Waals surface area (Å²) >= 11 is 6.22. The van der Waals surface area contributed by atoms with Crippen molar-refractivity contribution in [3.05, 3.63) is 58.6 Å². The van der Waals surface area contributed by atoms with Crippen LogP contribution in [0.5, 0.6) is 17.2 Å². The fourth-order valence-corrected chi connectivity index (χ4v) is 2.43. The highest BCUT2D eigenvalue weighted by Gasteiger charge is 2.11. The number of rotatable bonds is 8. The molecule has 1 N–H and O–H groups in total. The molecule has 0 spiro atoms. The summed E-state index contributed by atoms with van der Waals surface area (Å²) in [4.78, 5) is 10.6. The molecule has 0 saturated carbocycles. The minimum absolute atomic E-state index is 0.286. The number of halogens is 1. The van der Waals surface area contributed by atoms with E-state index in [0.29, 0.717) is 28.7 Å². The van der Waals surface area contributed by atoms with Gasteiger partial charge in [0.1, 0.15) is 19.0 Å². The Hall–Kier alpha value is -2.66.